The van der Waals surface area contributed by atoms with Crippen molar-refractivity contribution in [2.45, 2.75) is 65.6 Å². The number of rotatable bonds is 5. The van der Waals surface area contributed by atoms with E-state index >= 15 is 0 Å². The van der Waals surface area contributed by atoms with E-state index in [4.69, 9.17) is 4.74 Å². The van der Waals surface area contributed by atoms with Crippen LogP contribution in [0.1, 0.15) is 49.5 Å². The second kappa shape index (κ2) is 6.44. The highest BCUT2D eigenvalue weighted by atomic mass is 16.5. The maximum absolute atomic E-state index is 5.65. The van der Waals surface area contributed by atoms with Crippen LogP contribution in [-0.4, -0.2) is 28.7 Å². The van der Waals surface area contributed by atoms with Crippen molar-refractivity contribution in [3.05, 3.63) is 22.8 Å². The molecule has 1 aliphatic heterocycles. The number of hydrogen-bond acceptors (Lipinski definition) is 4. The van der Waals surface area contributed by atoms with Crippen LogP contribution in [0.15, 0.2) is 0 Å². The summed E-state index contributed by atoms with van der Waals surface area (Å²) >= 11 is 0. The van der Waals surface area contributed by atoms with Gasteiger partial charge >= 0.3 is 0 Å². The molecule has 0 aromatic carbocycles. The van der Waals surface area contributed by atoms with Gasteiger partial charge < -0.3 is 10.1 Å². The minimum Gasteiger partial charge on any atom is -0.378 e. The standard InChI is InChI=1S/C15H25N3O/c1-10(2)16-9-14-11(3)17-15(18-12(14)4)8-13-6-5-7-19-13/h10,13,16H,5-9H2,1-4H3. The van der Waals surface area contributed by atoms with Gasteiger partial charge in [-0.05, 0) is 26.7 Å². The SMILES string of the molecule is Cc1nc(CC2CCCO2)nc(C)c1CNC(C)C. The number of ether oxygens (including phenoxy) is 1. The van der Waals surface area contributed by atoms with E-state index in [2.05, 4.69) is 43.0 Å². The van der Waals surface area contributed by atoms with Gasteiger partial charge in [0.05, 0.1) is 6.10 Å². The van der Waals surface area contributed by atoms with Gasteiger partial charge in [0.25, 0.3) is 0 Å². The molecule has 4 heteroatoms. The number of hydrogen-bond donors (Lipinski definition) is 1. The summed E-state index contributed by atoms with van der Waals surface area (Å²) in [6.07, 6.45) is 3.47. The van der Waals surface area contributed by atoms with Crippen LogP contribution in [-0.2, 0) is 17.7 Å². The van der Waals surface area contributed by atoms with Crippen molar-refractivity contribution in [3.63, 3.8) is 0 Å². The monoisotopic (exact) mass is 263 g/mol. The summed E-state index contributed by atoms with van der Waals surface area (Å²) in [4.78, 5) is 9.29. The fourth-order valence-corrected chi connectivity index (χ4v) is 2.47. The summed E-state index contributed by atoms with van der Waals surface area (Å²) in [5.74, 6) is 0.926. The molecule has 1 atom stereocenters. The van der Waals surface area contributed by atoms with Crippen LogP contribution in [0.4, 0.5) is 0 Å². The van der Waals surface area contributed by atoms with Crippen molar-refractivity contribution in [3.8, 4) is 0 Å². The van der Waals surface area contributed by atoms with E-state index in [-0.39, 0.29) is 0 Å². The van der Waals surface area contributed by atoms with Crippen molar-refractivity contribution >= 4 is 0 Å². The normalized spacial score (nSPS) is 19.3. The lowest BCUT2D eigenvalue weighted by molar-refractivity contribution is 0.110. The van der Waals surface area contributed by atoms with E-state index in [1.54, 1.807) is 0 Å². The molecule has 0 aliphatic carbocycles. The summed E-state index contributed by atoms with van der Waals surface area (Å²) in [6.45, 7) is 10.2. The molecule has 1 N–H and O–H groups in total. The van der Waals surface area contributed by atoms with Gasteiger partial charge in [-0.1, -0.05) is 13.8 Å². The van der Waals surface area contributed by atoms with Crippen LogP contribution >= 0.6 is 0 Å². The first-order chi connectivity index (χ1) is 9.06. The maximum atomic E-state index is 5.65. The van der Waals surface area contributed by atoms with Crippen molar-refractivity contribution in [1.29, 1.82) is 0 Å². The zero-order valence-corrected chi connectivity index (χ0v) is 12.5. The molecule has 1 fully saturated rings. The molecule has 4 nitrogen and oxygen atoms in total. The molecule has 1 aliphatic rings. The zero-order chi connectivity index (χ0) is 13.8. The smallest absolute Gasteiger partial charge is 0.131 e. The van der Waals surface area contributed by atoms with Crippen LogP contribution in [0.25, 0.3) is 0 Å². The Kier molecular flexibility index (Phi) is 4.88. The Morgan fingerprint density at radius 3 is 2.47 bits per heavy atom. The lowest BCUT2D eigenvalue weighted by atomic mass is 10.1. The predicted octanol–water partition coefficient (Wildman–Crippen LogP) is 2.31. The van der Waals surface area contributed by atoms with Gasteiger partial charge in [-0.2, -0.15) is 0 Å². The van der Waals surface area contributed by atoms with Crippen molar-refractivity contribution in [1.82, 2.24) is 15.3 Å². The number of aromatic nitrogens is 2. The largest absolute Gasteiger partial charge is 0.378 e. The second-order valence-electron chi connectivity index (χ2n) is 5.66. The fraction of sp³-hybridized carbons (Fsp3) is 0.733. The van der Waals surface area contributed by atoms with Crippen molar-refractivity contribution in [2.24, 2.45) is 0 Å². The Balaban J connectivity index is 2.07. The summed E-state index contributed by atoms with van der Waals surface area (Å²) in [7, 11) is 0. The molecule has 2 rings (SSSR count). The van der Waals surface area contributed by atoms with Gasteiger partial charge in [0, 0.05) is 42.6 Å². The molecule has 0 saturated carbocycles. The van der Waals surface area contributed by atoms with E-state index < -0.39 is 0 Å². The van der Waals surface area contributed by atoms with E-state index in [1.165, 1.54) is 12.0 Å². The fourth-order valence-electron chi connectivity index (χ4n) is 2.47. The average molecular weight is 263 g/mol. The number of nitrogens with zero attached hydrogens (tertiary/aromatic N) is 2. The predicted molar refractivity (Wildman–Crippen MR) is 76.2 cm³/mol. The molecule has 0 amide bonds. The molecule has 1 aromatic rings. The topological polar surface area (TPSA) is 47.0 Å². The molecular weight excluding hydrogens is 238 g/mol. The first kappa shape index (κ1) is 14.4. The van der Waals surface area contributed by atoms with E-state index in [9.17, 15) is 0 Å². The summed E-state index contributed by atoms with van der Waals surface area (Å²) in [6, 6.07) is 0.477. The summed E-state index contributed by atoms with van der Waals surface area (Å²) in [5.41, 5.74) is 3.41. The molecule has 0 spiro atoms. The quantitative estimate of drug-likeness (QED) is 0.885. The van der Waals surface area contributed by atoms with E-state index in [0.717, 1.165) is 43.2 Å². The molecule has 2 heterocycles. The van der Waals surface area contributed by atoms with Crippen molar-refractivity contribution in [2.75, 3.05) is 6.61 Å². The minimum atomic E-state index is 0.318. The molecule has 1 unspecified atom stereocenters. The maximum Gasteiger partial charge on any atom is 0.131 e. The second-order valence-corrected chi connectivity index (χ2v) is 5.66. The molecule has 1 saturated heterocycles. The highest BCUT2D eigenvalue weighted by Crippen LogP contribution is 2.17. The summed E-state index contributed by atoms with van der Waals surface area (Å²) in [5, 5.41) is 3.43. The van der Waals surface area contributed by atoms with Gasteiger partial charge in [0.2, 0.25) is 0 Å². The molecule has 0 bridgehead atoms. The molecule has 19 heavy (non-hydrogen) atoms. The van der Waals surface area contributed by atoms with Crippen LogP contribution in [0, 0.1) is 13.8 Å². The van der Waals surface area contributed by atoms with Crippen LogP contribution < -0.4 is 5.32 Å². The zero-order valence-electron chi connectivity index (χ0n) is 12.5. The molecular formula is C15H25N3O. The van der Waals surface area contributed by atoms with Crippen molar-refractivity contribution < 1.29 is 4.74 Å². The third-order valence-electron chi connectivity index (χ3n) is 3.59. The number of aryl methyl sites for hydroxylation is 2. The van der Waals surface area contributed by atoms with E-state index in [0.29, 0.717) is 12.1 Å². The third kappa shape index (κ3) is 3.98. The molecule has 106 valence electrons. The van der Waals surface area contributed by atoms with Crippen LogP contribution in [0.5, 0.6) is 0 Å². The van der Waals surface area contributed by atoms with Crippen LogP contribution in [0.3, 0.4) is 0 Å². The lowest BCUT2D eigenvalue weighted by Crippen LogP contribution is -2.24. The first-order valence-electron chi connectivity index (χ1n) is 7.24. The highest BCUT2D eigenvalue weighted by molar-refractivity contribution is 5.24. The number of nitrogens with one attached hydrogen (secondary N) is 1. The first-order valence-corrected chi connectivity index (χ1v) is 7.24. The lowest BCUT2D eigenvalue weighted by Gasteiger charge is -2.15. The average Bonchev–Trinajstić information content (AvgIpc) is 2.80. The third-order valence-corrected chi connectivity index (χ3v) is 3.59. The van der Waals surface area contributed by atoms with Gasteiger partial charge in [-0.3, -0.25) is 0 Å². The van der Waals surface area contributed by atoms with Gasteiger partial charge in [-0.15, -0.1) is 0 Å². The van der Waals surface area contributed by atoms with Gasteiger partial charge in [0.1, 0.15) is 5.82 Å². The minimum absolute atomic E-state index is 0.318. The van der Waals surface area contributed by atoms with Gasteiger partial charge in [-0.25, -0.2) is 9.97 Å². The highest BCUT2D eigenvalue weighted by Gasteiger charge is 2.18. The molecule has 1 aromatic heterocycles. The van der Waals surface area contributed by atoms with Gasteiger partial charge in [0.15, 0.2) is 0 Å². The Bertz CT molecular complexity index is 402. The Morgan fingerprint density at radius 2 is 1.95 bits per heavy atom. The molecule has 0 radical (unpaired) electrons. The van der Waals surface area contributed by atoms with Crippen LogP contribution in [0.2, 0.25) is 0 Å². The van der Waals surface area contributed by atoms with E-state index in [1.807, 2.05) is 0 Å². The Morgan fingerprint density at radius 1 is 1.26 bits per heavy atom. The summed E-state index contributed by atoms with van der Waals surface area (Å²) < 4.78 is 5.65. The Hall–Kier alpha value is -1.00. The Labute approximate surface area is 116 Å².